The zero-order valence-electron chi connectivity index (χ0n) is 25.6. The number of aryl methyl sites for hydroxylation is 1. The molecule has 1 N–H and O–H groups in total. The molecule has 1 aromatic carbocycles. The number of hydroxylamine groups is 1. The second-order valence-electron chi connectivity index (χ2n) is 10.7. The first-order chi connectivity index (χ1) is 22.1. The van der Waals surface area contributed by atoms with Crippen LogP contribution in [-0.4, -0.2) is 103 Å². The Morgan fingerprint density at radius 1 is 1.13 bits per heavy atom. The number of amides is 1. The first-order valence-electron chi connectivity index (χ1n) is 14.9. The van der Waals surface area contributed by atoms with Gasteiger partial charge in [-0.15, -0.1) is 21.5 Å². The fourth-order valence-electron chi connectivity index (χ4n) is 5.04. The molecule has 3 aromatic rings. The summed E-state index contributed by atoms with van der Waals surface area (Å²) >= 11 is 2.47. The minimum Gasteiger partial charge on any atom is -0.494 e. The summed E-state index contributed by atoms with van der Waals surface area (Å²) in [7, 11) is -6.19. The minimum atomic E-state index is -4.18. The van der Waals surface area contributed by atoms with E-state index >= 15 is 0 Å². The standard InChI is InChI=1S/C28H38N6O8S4/c1-3-40-22-10-8-21(9-11-22)24-12-13-26(44-24)46(38,39)34-15-14-33(19-23(34)27(35)31-42-25-7-4-5-16-41-25)45(36,37)18-6-17-43-28-30-29-20-32(28)2/h8-13,20,23,25H,3-7,14-19H2,1-2H3,(H,31,35)/t23-,25?/m1/s1. The summed E-state index contributed by atoms with van der Waals surface area (Å²) in [4.78, 5) is 19.7. The van der Waals surface area contributed by atoms with Crippen LogP contribution in [0, 0.1) is 0 Å². The van der Waals surface area contributed by atoms with E-state index < -0.39 is 38.3 Å². The minimum absolute atomic E-state index is 0.0443. The van der Waals surface area contributed by atoms with Crippen LogP contribution in [0.5, 0.6) is 5.75 Å². The van der Waals surface area contributed by atoms with Crippen LogP contribution >= 0.6 is 23.1 Å². The molecule has 5 rings (SSSR count). The van der Waals surface area contributed by atoms with E-state index in [9.17, 15) is 21.6 Å². The van der Waals surface area contributed by atoms with E-state index in [1.807, 2.05) is 31.2 Å². The lowest BCUT2D eigenvalue weighted by atomic mass is 10.2. The zero-order valence-corrected chi connectivity index (χ0v) is 28.9. The number of carbonyl (C=O) groups is 1. The van der Waals surface area contributed by atoms with E-state index in [1.54, 1.807) is 24.0 Å². The summed E-state index contributed by atoms with van der Waals surface area (Å²) in [5.41, 5.74) is 3.17. The highest BCUT2D eigenvalue weighted by molar-refractivity contribution is 7.99. The third-order valence-electron chi connectivity index (χ3n) is 7.46. The number of hydrogen-bond donors (Lipinski definition) is 1. The van der Waals surface area contributed by atoms with E-state index in [2.05, 4.69) is 15.7 Å². The molecular formula is C28H38N6O8S4. The first kappa shape index (κ1) is 34.7. The lowest BCUT2D eigenvalue weighted by Crippen LogP contribution is -2.61. The highest BCUT2D eigenvalue weighted by Gasteiger charge is 2.44. The molecule has 1 unspecified atom stereocenters. The van der Waals surface area contributed by atoms with Crippen molar-refractivity contribution in [2.75, 3.05) is 44.4 Å². The van der Waals surface area contributed by atoms with Crippen molar-refractivity contribution < 1.29 is 35.9 Å². The molecule has 0 radical (unpaired) electrons. The second-order valence-corrected chi connectivity index (χ2v) is 17.0. The lowest BCUT2D eigenvalue weighted by molar-refractivity contribution is -0.202. The van der Waals surface area contributed by atoms with Crippen molar-refractivity contribution in [1.29, 1.82) is 0 Å². The molecule has 14 nitrogen and oxygen atoms in total. The largest absolute Gasteiger partial charge is 0.494 e. The number of thiophene rings is 1. The van der Waals surface area contributed by atoms with Crippen molar-refractivity contribution in [1.82, 2.24) is 28.9 Å². The summed E-state index contributed by atoms with van der Waals surface area (Å²) in [6, 6.07) is 9.19. The molecule has 2 aromatic heterocycles. The van der Waals surface area contributed by atoms with Gasteiger partial charge in [-0.1, -0.05) is 11.8 Å². The molecule has 0 bridgehead atoms. The van der Waals surface area contributed by atoms with E-state index in [4.69, 9.17) is 14.3 Å². The van der Waals surface area contributed by atoms with Gasteiger partial charge < -0.3 is 14.0 Å². The summed E-state index contributed by atoms with van der Waals surface area (Å²) in [5.74, 6) is 0.275. The van der Waals surface area contributed by atoms with Crippen molar-refractivity contribution in [2.45, 2.75) is 54.3 Å². The maximum absolute atomic E-state index is 14.0. The molecule has 2 fully saturated rings. The molecule has 0 aliphatic carbocycles. The Morgan fingerprint density at radius 2 is 1.93 bits per heavy atom. The highest BCUT2D eigenvalue weighted by atomic mass is 32.2. The Labute approximate surface area is 277 Å². The van der Waals surface area contributed by atoms with Gasteiger partial charge in [0.1, 0.15) is 22.3 Å². The summed E-state index contributed by atoms with van der Waals surface area (Å²) < 4.78 is 69.8. The van der Waals surface area contributed by atoms with E-state index in [1.165, 1.54) is 22.1 Å². The zero-order chi connectivity index (χ0) is 32.7. The number of ether oxygens (including phenoxy) is 2. The Hall–Kier alpha value is -2.58. The second kappa shape index (κ2) is 15.5. The van der Waals surface area contributed by atoms with Gasteiger partial charge in [-0.2, -0.15) is 8.61 Å². The van der Waals surface area contributed by atoms with Crippen LogP contribution in [-0.2, 0) is 41.5 Å². The third-order valence-corrected chi connectivity index (χ3v) is 14.0. The Morgan fingerprint density at radius 3 is 2.63 bits per heavy atom. The average Bonchev–Trinajstić information content (AvgIpc) is 3.72. The van der Waals surface area contributed by atoms with Crippen molar-refractivity contribution in [3.8, 4) is 16.2 Å². The number of piperazine rings is 1. The van der Waals surface area contributed by atoms with Crippen LogP contribution in [0.3, 0.4) is 0 Å². The molecule has 18 heteroatoms. The maximum atomic E-state index is 14.0. The third kappa shape index (κ3) is 8.46. The van der Waals surface area contributed by atoms with Gasteiger partial charge in [0.2, 0.25) is 10.0 Å². The molecule has 46 heavy (non-hydrogen) atoms. The lowest BCUT2D eigenvalue weighted by Gasteiger charge is -2.38. The number of aromatic nitrogens is 3. The fraction of sp³-hybridized carbons (Fsp3) is 0.536. The number of sulfonamides is 2. The van der Waals surface area contributed by atoms with Gasteiger partial charge in [0.25, 0.3) is 15.9 Å². The van der Waals surface area contributed by atoms with Gasteiger partial charge in [0, 0.05) is 50.3 Å². The smallest absolute Gasteiger partial charge is 0.263 e. The SMILES string of the molecule is CCOc1ccc(-c2ccc(S(=O)(=O)N3CCN(S(=O)(=O)CCCSc4nncn4C)C[C@@H]3C(=O)NOC3CCCCO3)s2)cc1. The molecule has 0 spiro atoms. The van der Waals surface area contributed by atoms with Gasteiger partial charge in [-0.25, -0.2) is 27.2 Å². The molecule has 2 aliphatic heterocycles. The van der Waals surface area contributed by atoms with Crippen molar-refractivity contribution in [3.05, 3.63) is 42.7 Å². The Balaban J connectivity index is 1.30. The predicted molar refractivity (Wildman–Crippen MR) is 173 cm³/mol. The molecular weight excluding hydrogens is 677 g/mol. The first-order valence-corrected chi connectivity index (χ1v) is 19.8. The topological polar surface area (TPSA) is 162 Å². The average molecular weight is 715 g/mol. The van der Waals surface area contributed by atoms with E-state index in [0.717, 1.165) is 38.9 Å². The number of thioether (sulfide) groups is 1. The number of rotatable bonds is 14. The molecule has 252 valence electrons. The van der Waals surface area contributed by atoms with Gasteiger partial charge in [0.05, 0.1) is 12.4 Å². The van der Waals surface area contributed by atoms with E-state index in [0.29, 0.717) is 42.7 Å². The van der Waals surface area contributed by atoms with Crippen molar-refractivity contribution in [2.24, 2.45) is 7.05 Å². The van der Waals surface area contributed by atoms with E-state index in [-0.39, 0.29) is 29.6 Å². The quantitative estimate of drug-likeness (QED) is 0.149. The van der Waals surface area contributed by atoms with Crippen LogP contribution in [0.15, 0.2) is 52.1 Å². The summed E-state index contributed by atoms with van der Waals surface area (Å²) in [6.07, 6.45) is 3.56. The van der Waals surface area contributed by atoms with Crippen LogP contribution in [0.4, 0.5) is 0 Å². The monoisotopic (exact) mass is 714 g/mol. The maximum Gasteiger partial charge on any atom is 0.263 e. The molecule has 0 saturated carbocycles. The van der Waals surface area contributed by atoms with Crippen molar-refractivity contribution >= 4 is 49.1 Å². The number of carbonyl (C=O) groups excluding carboxylic acids is 1. The van der Waals surface area contributed by atoms with Crippen LogP contribution in [0.25, 0.3) is 10.4 Å². The van der Waals surface area contributed by atoms with Gasteiger partial charge >= 0.3 is 0 Å². The normalized spacial score (nSPS) is 20.0. The highest BCUT2D eigenvalue weighted by Crippen LogP contribution is 2.34. The number of nitrogens with zero attached hydrogens (tertiary/aromatic N) is 5. The Kier molecular flexibility index (Phi) is 11.7. The molecule has 4 heterocycles. The van der Waals surface area contributed by atoms with Crippen LogP contribution in [0.1, 0.15) is 32.6 Å². The number of hydrogen-bond acceptors (Lipinski definition) is 12. The molecule has 2 atom stereocenters. The van der Waals surface area contributed by atoms with Gasteiger partial charge in [0.15, 0.2) is 11.4 Å². The predicted octanol–water partition coefficient (Wildman–Crippen LogP) is 2.70. The Bertz CT molecular complexity index is 1670. The fourth-order valence-corrected chi connectivity index (χ4v) is 10.6. The van der Waals surface area contributed by atoms with Gasteiger partial charge in [-0.05, 0) is 68.1 Å². The summed E-state index contributed by atoms with van der Waals surface area (Å²) in [6.45, 7) is 2.27. The number of nitrogens with one attached hydrogen (secondary N) is 1. The molecule has 2 aliphatic rings. The number of benzene rings is 1. The van der Waals surface area contributed by atoms with Crippen LogP contribution in [0.2, 0.25) is 0 Å². The van der Waals surface area contributed by atoms with Gasteiger partial charge in [-0.3, -0.25) is 4.79 Å². The van der Waals surface area contributed by atoms with Crippen molar-refractivity contribution in [3.63, 3.8) is 0 Å². The molecule has 1 amide bonds. The summed E-state index contributed by atoms with van der Waals surface area (Å²) in [5, 5.41) is 8.48. The van der Waals surface area contributed by atoms with Crippen LogP contribution < -0.4 is 10.2 Å². The molecule has 2 saturated heterocycles.